The Balaban J connectivity index is 1.67. The lowest BCUT2D eigenvalue weighted by Crippen LogP contribution is -2.24. The minimum absolute atomic E-state index is 0.00105. The second kappa shape index (κ2) is 13.2. The third-order valence-electron chi connectivity index (χ3n) is 10.4. The van der Waals surface area contributed by atoms with Crippen molar-refractivity contribution in [3.8, 4) is 11.4 Å². The van der Waals surface area contributed by atoms with Crippen LogP contribution in [0, 0.1) is 0 Å². The van der Waals surface area contributed by atoms with Crippen LogP contribution in [0.25, 0.3) is 55.0 Å². The van der Waals surface area contributed by atoms with Crippen LogP contribution in [0.4, 0.5) is 0 Å². The van der Waals surface area contributed by atoms with E-state index >= 15 is 0 Å². The maximum Gasteiger partial charge on any atom is 0.0600 e. The summed E-state index contributed by atoms with van der Waals surface area (Å²) in [4.78, 5) is 0. The molecule has 0 aliphatic carbocycles. The van der Waals surface area contributed by atoms with Gasteiger partial charge in [-0.05, 0) is 60.7 Å². The van der Waals surface area contributed by atoms with Crippen LogP contribution in [0.3, 0.4) is 0 Å². The minimum Gasteiger partial charge on any atom is -0.309 e. The van der Waals surface area contributed by atoms with E-state index in [1.54, 1.807) is 0 Å². The van der Waals surface area contributed by atoms with Gasteiger partial charge in [-0.3, -0.25) is 0 Å². The molecule has 0 aliphatic heterocycles. The van der Waals surface area contributed by atoms with Gasteiger partial charge in [0.1, 0.15) is 0 Å². The van der Waals surface area contributed by atoms with Gasteiger partial charge in [0.2, 0.25) is 0 Å². The summed E-state index contributed by atoms with van der Waals surface area (Å²) in [6, 6.07) is 42.8. The van der Waals surface area contributed by atoms with E-state index in [-0.39, 0.29) is 5.41 Å². The van der Waals surface area contributed by atoms with Gasteiger partial charge in [0.05, 0.1) is 22.1 Å². The molecule has 0 radical (unpaired) electrons. The van der Waals surface area contributed by atoms with Gasteiger partial charge in [-0.1, -0.05) is 145 Å². The van der Waals surface area contributed by atoms with E-state index in [0.29, 0.717) is 0 Å². The molecule has 2 heteroatoms. The van der Waals surface area contributed by atoms with E-state index in [2.05, 4.69) is 145 Å². The average Bonchev–Trinajstić information content (AvgIpc) is 3.61. The van der Waals surface area contributed by atoms with Gasteiger partial charge in [-0.2, -0.15) is 0 Å². The molecule has 0 saturated heterocycles. The van der Waals surface area contributed by atoms with E-state index in [9.17, 15) is 0 Å². The lowest BCUT2D eigenvalue weighted by atomic mass is 9.72. The van der Waals surface area contributed by atoms with Gasteiger partial charge >= 0.3 is 0 Å². The highest BCUT2D eigenvalue weighted by Gasteiger charge is 2.35. The first kappa shape index (κ1) is 30.4. The molecule has 0 atom stereocenters. The van der Waals surface area contributed by atoms with Crippen molar-refractivity contribution in [1.82, 2.24) is 9.13 Å². The maximum atomic E-state index is 2.61. The monoisotopic (exact) mass is 604 g/mol. The Morgan fingerprint density at radius 2 is 0.870 bits per heavy atom. The van der Waals surface area contributed by atoms with Crippen LogP contribution in [0.1, 0.15) is 90.5 Å². The standard InChI is InChI=1S/C44H48N2/c1-4-6-8-20-30-44(3,31-21-9-7-5-2)41-42-37(35-26-16-18-28-39(35)45(42)33-22-12-10-13-23-33)32-38-36-27-17-19-29-40(36)46(43(38)41)34-24-14-11-15-25-34/h10-19,22-29,32H,4-9,20-21,30-31H2,1-3H3. The van der Waals surface area contributed by atoms with Crippen LogP contribution in [-0.2, 0) is 5.41 Å². The average molecular weight is 605 g/mol. The van der Waals surface area contributed by atoms with Crippen molar-refractivity contribution in [3.63, 3.8) is 0 Å². The molecule has 0 aliphatic rings. The Morgan fingerprint density at radius 1 is 0.457 bits per heavy atom. The first-order valence-corrected chi connectivity index (χ1v) is 17.8. The summed E-state index contributed by atoms with van der Waals surface area (Å²) in [7, 11) is 0. The fraction of sp³-hybridized carbons (Fsp3) is 0.318. The SMILES string of the molecule is CCCCCCC(C)(CCCCCC)c1c2c(cc3c4ccccc4n(-c4ccccc4)c13)c1ccccc1n2-c1ccccc1. The lowest BCUT2D eigenvalue weighted by molar-refractivity contribution is 0.368. The molecular weight excluding hydrogens is 556 g/mol. The molecule has 0 unspecified atom stereocenters. The zero-order valence-electron chi connectivity index (χ0n) is 27.9. The zero-order valence-corrected chi connectivity index (χ0v) is 27.9. The molecule has 0 amide bonds. The quantitative estimate of drug-likeness (QED) is 0.116. The second-order valence-corrected chi connectivity index (χ2v) is 13.6. The molecule has 46 heavy (non-hydrogen) atoms. The zero-order chi connectivity index (χ0) is 31.5. The number of fused-ring (bicyclic) bond motifs is 6. The fourth-order valence-electron chi connectivity index (χ4n) is 8.09. The highest BCUT2D eigenvalue weighted by Crippen LogP contribution is 2.49. The van der Waals surface area contributed by atoms with E-state index in [0.717, 1.165) is 0 Å². The summed E-state index contributed by atoms with van der Waals surface area (Å²) in [5, 5.41) is 5.40. The predicted octanol–water partition coefficient (Wildman–Crippen LogP) is 13.1. The molecule has 0 bridgehead atoms. The maximum absolute atomic E-state index is 2.61. The van der Waals surface area contributed by atoms with Gasteiger partial charge in [-0.25, -0.2) is 0 Å². The first-order valence-electron chi connectivity index (χ1n) is 17.8. The summed E-state index contributed by atoms with van der Waals surface area (Å²) < 4.78 is 5.17. The van der Waals surface area contributed by atoms with Crippen molar-refractivity contribution in [2.24, 2.45) is 0 Å². The number of rotatable bonds is 13. The van der Waals surface area contributed by atoms with Crippen molar-refractivity contribution >= 4 is 43.6 Å². The molecule has 234 valence electrons. The summed E-state index contributed by atoms with van der Waals surface area (Å²) in [5.41, 5.74) is 9.32. The smallest absolute Gasteiger partial charge is 0.0600 e. The molecule has 2 heterocycles. The molecular formula is C44H48N2. The van der Waals surface area contributed by atoms with Crippen molar-refractivity contribution in [1.29, 1.82) is 0 Å². The lowest BCUT2D eigenvalue weighted by Gasteiger charge is -2.33. The van der Waals surface area contributed by atoms with Crippen LogP contribution in [-0.4, -0.2) is 9.13 Å². The van der Waals surface area contributed by atoms with Gasteiger partial charge in [0.15, 0.2) is 0 Å². The number of hydrogen-bond acceptors (Lipinski definition) is 0. The fourth-order valence-corrected chi connectivity index (χ4v) is 8.09. The highest BCUT2D eigenvalue weighted by molar-refractivity contribution is 6.21. The Hall–Kier alpha value is -4.30. The van der Waals surface area contributed by atoms with E-state index in [1.165, 1.54) is 125 Å². The van der Waals surface area contributed by atoms with Crippen LogP contribution < -0.4 is 0 Å². The topological polar surface area (TPSA) is 9.86 Å². The van der Waals surface area contributed by atoms with Crippen molar-refractivity contribution in [3.05, 3.63) is 121 Å². The van der Waals surface area contributed by atoms with Crippen molar-refractivity contribution in [2.45, 2.75) is 90.4 Å². The minimum atomic E-state index is 0.00105. The normalized spacial score (nSPS) is 12.2. The summed E-state index contributed by atoms with van der Waals surface area (Å²) >= 11 is 0. The number of hydrogen-bond donors (Lipinski definition) is 0. The van der Waals surface area contributed by atoms with Gasteiger partial charge in [-0.15, -0.1) is 0 Å². The number of para-hydroxylation sites is 4. The van der Waals surface area contributed by atoms with Crippen molar-refractivity contribution < 1.29 is 0 Å². The largest absolute Gasteiger partial charge is 0.309 e. The molecule has 7 rings (SSSR count). The predicted molar refractivity (Wildman–Crippen MR) is 200 cm³/mol. The summed E-state index contributed by atoms with van der Waals surface area (Å²) in [6.07, 6.45) is 12.6. The van der Waals surface area contributed by atoms with E-state index in [4.69, 9.17) is 0 Å². The summed E-state index contributed by atoms with van der Waals surface area (Å²) in [5.74, 6) is 0. The number of aromatic nitrogens is 2. The van der Waals surface area contributed by atoms with E-state index < -0.39 is 0 Å². The third-order valence-corrected chi connectivity index (χ3v) is 10.4. The highest BCUT2D eigenvalue weighted by atomic mass is 15.0. The molecule has 0 spiro atoms. The molecule has 2 aromatic heterocycles. The Bertz CT molecular complexity index is 1930. The first-order chi connectivity index (χ1) is 22.7. The number of benzene rings is 5. The molecule has 5 aromatic carbocycles. The van der Waals surface area contributed by atoms with Crippen LogP contribution >= 0.6 is 0 Å². The second-order valence-electron chi connectivity index (χ2n) is 13.6. The molecule has 0 saturated carbocycles. The van der Waals surface area contributed by atoms with Gasteiger partial charge < -0.3 is 9.13 Å². The van der Waals surface area contributed by atoms with Crippen LogP contribution in [0.2, 0.25) is 0 Å². The van der Waals surface area contributed by atoms with Crippen LogP contribution in [0.5, 0.6) is 0 Å². The van der Waals surface area contributed by atoms with E-state index in [1.807, 2.05) is 0 Å². The van der Waals surface area contributed by atoms with Crippen molar-refractivity contribution in [2.75, 3.05) is 0 Å². The Labute approximate surface area is 274 Å². The van der Waals surface area contributed by atoms with Gasteiger partial charge in [0, 0.05) is 38.5 Å². The summed E-state index contributed by atoms with van der Waals surface area (Å²) in [6.45, 7) is 7.26. The Kier molecular flexibility index (Phi) is 8.71. The molecule has 7 aromatic rings. The number of unbranched alkanes of at least 4 members (excludes halogenated alkanes) is 6. The van der Waals surface area contributed by atoms with Gasteiger partial charge in [0.25, 0.3) is 0 Å². The molecule has 2 nitrogen and oxygen atoms in total. The number of nitrogens with zero attached hydrogens (tertiary/aromatic N) is 2. The van der Waals surface area contributed by atoms with Crippen LogP contribution in [0.15, 0.2) is 115 Å². The third kappa shape index (κ3) is 5.32. The molecule has 0 N–H and O–H groups in total. The Morgan fingerprint density at radius 3 is 1.30 bits per heavy atom. The molecule has 0 fully saturated rings.